The van der Waals surface area contributed by atoms with E-state index in [1.807, 2.05) is 6.92 Å². The monoisotopic (exact) mass is 601 g/mol. The second-order valence-corrected chi connectivity index (χ2v) is 16.8. The molecule has 5 fully saturated rings. The van der Waals surface area contributed by atoms with E-state index in [0.29, 0.717) is 36.7 Å². The lowest BCUT2D eigenvalue weighted by atomic mass is 9.35. The summed E-state index contributed by atoms with van der Waals surface area (Å²) < 4.78 is 0. The van der Waals surface area contributed by atoms with Gasteiger partial charge in [0.15, 0.2) is 5.76 Å². The van der Waals surface area contributed by atoms with Crippen molar-refractivity contribution in [2.75, 3.05) is 20.1 Å². The number of hydrogen-bond donors (Lipinski definition) is 2. The molecule has 5 aliphatic carbocycles. The summed E-state index contributed by atoms with van der Waals surface area (Å²) in [6.45, 7) is 15.0. The molecule has 7 heteroatoms. The maximum absolute atomic E-state index is 13.5. The molecule has 0 spiro atoms. The highest BCUT2D eigenvalue weighted by Gasteiger charge is 2.67. The van der Waals surface area contributed by atoms with Crippen molar-refractivity contribution in [1.82, 2.24) is 15.1 Å². The highest BCUT2D eigenvalue weighted by Crippen LogP contribution is 2.75. The van der Waals surface area contributed by atoms with E-state index in [2.05, 4.69) is 64.0 Å². The second-order valence-electron chi connectivity index (χ2n) is 16.8. The van der Waals surface area contributed by atoms with Crippen LogP contribution in [0.1, 0.15) is 99.3 Å². The van der Waals surface area contributed by atoms with Crippen molar-refractivity contribution >= 4 is 17.6 Å². The molecular weight excluding hydrogens is 550 g/mol. The number of likely N-dealkylation sites (N-methyl/N-ethyl adjacent to an activating group) is 1. The molecule has 0 aromatic carbocycles. The number of piperazine rings is 1. The third-order valence-electron chi connectivity index (χ3n) is 14.6. The van der Waals surface area contributed by atoms with Gasteiger partial charge in [-0.25, -0.2) is 0 Å². The lowest BCUT2D eigenvalue weighted by molar-refractivity contribution is -0.160. The van der Waals surface area contributed by atoms with Crippen LogP contribution >= 0.6 is 0 Å². The van der Waals surface area contributed by atoms with Crippen molar-refractivity contribution in [3.8, 4) is 0 Å². The maximum Gasteiger partial charge on any atom is 0.312 e. The zero-order valence-electron chi connectivity index (χ0n) is 27.8. The topological polar surface area (TPSA) is 89.9 Å². The normalized spacial score (nSPS) is 44.9. The van der Waals surface area contributed by atoms with Gasteiger partial charge in [-0.15, -0.1) is 0 Å². The molecule has 2 bridgehead atoms. The van der Waals surface area contributed by atoms with Gasteiger partial charge in [0, 0.05) is 41.7 Å². The quantitative estimate of drug-likeness (QED) is 0.372. The molecule has 7 aliphatic rings. The van der Waals surface area contributed by atoms with Gasteiger partial charge in [0.25, 0.3) is 0 Å². The smallest absolute Gasteiger partial charge is 0.312 e. The van der Waals surface area contributed by atoms with Crippen LogP contribution in [0.15, 0.2) is 46.3 Å². The van der Waals surface area contributed by atoms with Crippen molar-refractivity contribution in [2.45, 2.75) is 117 Å². The fourth-order valence-corrected chi connectivity index (χ4v) is 11.3. The predicted octanol–water partition coefficient (Wildman–Crippen LogP) is 5.79. The average molecular weight is 602 g/mol. The first-order valence-electron chi connectivity index (χ1n) is 17.0. The number of hydrogen-bond acceptors (Lipinski definition) is 5. The molecule has 3 saturated carbocycles. The molecule has 2 saturated heterocycles. The first-order valence-corrected chi connectivity index (χ1v) is 17.0. The van der Waals surface area contributed by atoms with E-state index in [-0.39, 0.29) is 39.1 Å². The average Bonchev–Trinajstić information content (AvgIpc) is 3.17. The molecule has 2 aliphatic heterocycles. The molecule has 2 heterocycles. The van der Waals surface area contributed by atoms with Crippen LogP contribution in [-0.4, -0.2) is 70.3 Å². The number of allylic oxidation sites excluding steroid dienone is 7. The molecule has 3 unspecified atom stereocenters. The van der Waals surface area contributed by atoms with Crippen molar-refractivity contribution in [3.05, 3.63) is 46.3 Å². The van der Waals surface area contributed by atoms with Crippen molar-refractivity contribution in [2.24, 2.45) is 27.6 Å². The van der Waals surface area contributed by atoms with Crippen LogP contribution in [-0.2, 0) is 14.4 Å². The van der Waals surface area contributed by atoms with Crippen molar-refractivity contribution in [1.29, 1.82) is 0 Å². The Balaban J connectivity index is 1.16. The van der Waals surface area contributed by atoms with Crippen molar-refractivity contribution < 1.29 is 19.5 Å². The van der Waals surface area contributed by atoms with Gasteiger partial charge in [-0.1, -0.05) is 45.4 Å². The fraction of sp³-hybridized carbons (Fsp3) is 0.703. The lowest BCUT2D eigenvalue weighted by Gasteiger charge is -2.70. The lowest BCUT2D eigenvalue weighted by Crippen LogP contribution is -2.65. The van der Waals surface area contributed by atoms with Gasteiger partial charge in [0.05, 0.1) is 0 Å². The number of nitrogens with zero attached hydrogens (tertiary/aromatic N) is 2. The molecule has 2 amide bonds. The number of nitrogens with one attached hydrogen (secondary N) is 1. The molecule has 0 aromatic rings. The van der Waals surface area contributed by atoms with E-state index < -0.39 is 11.4 Å². The Bertz CT molecular complexity index is 1470. The largest absolute Gasteiger partial charge is 0.504 e. The number of ketones is 1. The molecule has 7 nitrogen and oxygen atoms in total. The third kappa shape index (κ3) is 3.93. The van der Waals surface area contributed by atoms with E-state index in [0.717, 1.165) is 68.9 Å². The Morgan fingerprint density at radius 2 is 1.59 bits per heavy atom. The van der Waals surface area contributed by atoms with Crippen LogP contribution in [0, 0.1) is 27.6 Å². The third-order valence-corrected chi connectivity index (χ3v) is 14.6. The van der Waals surface area contributed by atoms with Gasteiger partial charge >= 0.3 is 11.8 Å². The SMILES string of the molecule is CC1=C(O)C(=O)C=C2C1=CC=C1[C@@]2(C)CC[C@@]2(C)C3C[C@](C)(NC(=O)C(=O)N4CC5CCC(C4)N5C)CC[C@]3(C)CC[C@]12C. The zero-order valence-corrected chi connectivity index (χ0v) is 27.8. The van der Waals surface area contributed by atoms with Crippen LogP contribution in [0.4, 0.5) is 0 Å². The fourth-order valence-electron chi connectivity index (χ4n) is 11.3. The first kappa shape index (κ1) is 30.0. The van der Waals surface area contributed by atoms with E-state index in [4.69, 9.17) is 0 Å². The van der Waals surface area contributed by atoms with Crippen LogP contribution in [0.5, 0.6) is 0 Å². The highest BCUT2D eigenvalue weighted by atomic mass is 16.3. The highest BCUT2D eigenvalue weighted by molar-refractivity contribution is 6.35. The zero-order chi connectivity index (χ0) is 31.6. The van der Waals surface area contributed by atoms with Gasteiger partial charge in [0.1, 0.15) is 0 Å². The van der Waals surface area contributed by atoms with Crippen LogP contribution in [0.3, 0.4) is 0 Å². The Morgan fingerprint density at radius 1 is 0.932 bits per heavy atom. The summed E-state index contributed by atoms with van der Waals surface area (Å²) >= 11 is 0. The van der Waals surface area contributed by atoms with E-state index in [1.54, 1.807) is 11.0 Å². The minimum atomic E-state index is -0.437. The van der Waals surface area contributed by atoms with Gasteiger partial charge in [0.2, 0.25) is 5.78 Å². The molecule has 44 heavy (non-hydrogen) atoms. The van der Waals surface area contributed by atoms with Crippen LogP contribution in [0.2, 0.25) is 0 Å². The first-order chi connectivity index (χ1) is 20.6. The van der Waals surface area contributed by atoms with Gasteiger partial charge < -0.3 is 15.3 Å². The minimum Gasteiger partial charge on any atom is -0.504 e. The minimum absolute atomic E-state index is 0.00396. The number of fused-ring (bicyclic) bond motifs is 9. The van der Waals surface area contributed by atoms with E-state index >= 15 is 0 Å². The number of rotatable bonds is 1. The standard InChI is InChI=1S/C37H51N3O4/c1-22-25-10-11-28-35(4,26(25)18-27(41)30(22)42)15-17-37(6)29-19-34(3,14-12-33(29,2)13-16-36(28,37)5)38-31(43)32(44)40-20-23-8-9-24(21-40)39(23)7/h10-11,18,23-24,29,42H,8-9,12-17,19-21H2,1-7H3,(H,38,43)/t23?,24?,29?,33-,34-,35+,36-,37+/m1/s1. The molecular formula is C37H51N3O4. The van der Waals surface area contributed by atoms with E-state index in [9.17, 15) is 19.5 Å². The molecule has 8 atom stereocenters. The molecule has 0 radical (unpaired) electrons. The Hall–Kier alpha value is -2.67. The van der Waals surface area contributed by atoms with Crippen LogP contribution < -0.4 is 5.32 Å². The number of aliphatic hydroxyl groups excluding tert-OH is 1. The summed E-state index contributed by atoms with van der Waals surface area (Å²) in [6, 6.07) is 0.725. The number of carbonyl (C=O) groups is 3. The molecule has 238 valence electrons. The second kappa shape index (κ2) is 9.43. The maximum atomic E-state index is 13.5. The number of amides is 2. The number of carbonyl (C=O) groups excluding carboxylic acids is 3. The van der Waals surface area contributed by atoms with Crippen molar-refractivity contribution in [3.63, 3.8) is 0 Å². The number of likely N-dealkylation sites (tertiary alicyclic amines) is 1. The summed E-state index contributed by atoms with van der Waals surface area (Å²) in [4.78, 5) is 44.0. The van der Waals surface area contributed by atoms with Gasteiger partial charge in [-0.05, 0) is 118 Å². The summed E-state index contributed by atoms with van der Waals surface area (Å²) in [7, 11) is 2.14. The Kier molecular flexibility index (Phi) is 6.43. The number of aliphatic hydroxyl groups is 1. The van der Waals surface area contributed by atoms with Crippen LogP contribution in [0.25, 0.3) is 0 Å². The summed E-state index contributed by atoms with van der Waals surface area (Å²) in [5, 5.41) is 13.7. The summed E-state index contributed by atoms with van der Waals surface area (Å²) in [5.41, 5.74) is 3.54. The Morgan fingerprint density at radius 3 is 2.27 bits per heavy atom. The Labute approximate surface area is 262 Å². The van der Waals surface area contributed by atoms with Gasteiger partial charge in [-0.2, -0.15) is 0 Å². The predicted molar refractivity (Wildman–Crippen MR) is 171 cm³/mol. The summed E-state index contributed by atoms with van der Waals surface area (Å²) in [6.07, 6.45) is 15.3. The van der Waals surface area contributed by atoms with E-state index in [1.165, 1.54) is 5.57 Å². The molecule has 0 aromatic heterocycles. The molecule has 7 rings (SSSR count). The molecule has 2 N–H and O–H groups in total. The summed E-state index contributed by atoms with van der Waals surface area (Å²) in [5.74, 6) is -0.843. The van der Waals surface area contributed by atoms with Gasteiger partial charge in [-0.3, -0.25) is 19.3 Å².